The van der Waals surface area contributed by atoms with Crippen LogP contribution in [0.25, 0.3) is 0 Å². The molecule has 2 rings (SSSR count). The van der Waals surface area contributed by atoms with Crippen LogP contribution >= 0.6 is 0 Å². The van der Waals surface area contributed by atoms with Crippen molar-refractivity contribution in [1.29, 1.82) is 0 Å². The number of hydrogen-bond donors (Lipinski definition) is 1. The normalized spacial score (nSPS) is 14.5. The van der Waals surface area contributed by atoms with Crippen LogP contribution in [-0.4, -0.2) is 18.4 Å². The van der Waals surface area contributed by atoms with E-state index in [0.29, 0.717) is 12.3 Å². The highest BCUT2D eigenvalue weighted by Gasteiger charge is 2.24. The van der Waals surface area contributed by atoms with E-state index in [2.05, 4.69) is 19.2 Å². The molecule has 4 nitrogen and oxygen atoms in total. The van der Waals surface area contributed by atoms with Gasteiger partial charge < -0.3 is 10.2 Å². The maximum atomic E-state index is 12.2. The number of amides is 2. The number of hydrogen-bond acceptors (Lipinski definition) is 2. The van der Waals surface area contributed by atoms with E-state index in [1.807, 2.05) is 36.9 Å². The molecule has 0 saturated heterocycles. The molecule has 1 aliphatic rings. The molecular formula is C18H26N2O2. The van der Waals surface area contributed by atoms with Gasteiger partial charge in [-0.1, -0.05) is 27.7 Å². The quantitative estimate of drug-likeness (QED) is 0.903. The van der Waals surface area contributed by atoms with Gasteiger partial charge in [-0.05, 0) is 42.5 Å². The number of benzene rings is 1. The third-order valence-corrected chi connectivity index (χ3v) is 4.00. The van der Waals surface area contributed by atoms with Crippen LogP contribution in [0.3, 0.4) is 0 Å². The summed E-state index contributed by atoms with van der Waals surface area (Å²) in [5, 5.41) is 2.93. The zero-order chi connectivity index (χ0) is 16.3. The minimum atomic E-state index is -0.0415. The first-order chi connectivity index (χ1) is 10.4. The van der Waals surface area contributed by atoms with E-state index in [9.17, 15) is 9.59 Å². The molecule has 0 aromatic heterocycles. The van der Waals surface area contributed by atoms with Crippen molar-refractivity contribution in [2.24, 2.45) is 11.8 Å². The van der Waals surface area contributed by atoms with Gasteiger partial charge in [0.2, 0.25) is 11.8 Å². The second-order valence-electron chi connectivity index (χ2n) is 6.72. The van der Waals surface area contributed by atoms with Crippen LogP contribution < -0.4 is 10.2 Å². The fraction of sp³-hybridized carbons (Fsp3) is 0.556. The predicted octanol–water partition coefficient (Wildman–Crippen LogP) is 3.61. The maximum absolute atomic E-state index is 12.2. The summed E-state index contributed by atoms with van der Waals surface area (Å²) >= 11 is 0. The first kappa shape index (κ1) is 16.5. The van der Waals surface area contributed by atoms with E-state index in [4.69, 9.17) is 0 Å². The maximum Gasteiger partial charge on any atom is 0.227 e. The molecule has 0 saturated carbocycles. The largest absolute Gasteiger partial charge is 0.326 e. The van der Waals surface area contributed by atoms with Crippen molar-refractivity contribution in [2.75, 3.05) is 16.8 Å². The van der Waals surface area contributed by atoms with Gasteiger partial charge in [-0.15, -0.1) is 0 Å². The molecule has 1 N–H and O–H groups in total. The van der Waals surface area contributed by atoms with Crippen molar-refractivity contribution in [3.8, 4) is 0 Å². The minimum Gasteiger partial charge on any atom is -0.326 e. The van der Waals surface area contributed by atoms with Crippen molar-refractivity contribution in [3.05, 3.63) is 23.8 Å². The number of nitrogens with zero attached hydrogens (tertiary/aromatic N) is 1. The molecule has 0 radical (unpaired) electrons. The van der Waals surface area contributed by atoms with Gasteiger partial charge in [0.1, 0.15) is 0 Å². The average molecular weight is 302 g/mol. The number of rotatable bonds is 5. The summed E-state index contributed by atoms with van der Waals surface area (Å²) in [6.45, 7) is 8.85. The fourth-order valence-corrected chi connectivity index (χ4v) is 2.56. The summed E-state index contributed by atoms with van der Waals surface area (Å²) in [4.78, 5) is 25.9. The lowest BCUT2D eigenvalue weighted by Crippen LogP contribution is -2.36. The molecule has 4 heteroatoms. The molecule has 1 heterocycles. The molecule has 0 atom stereocenters. The smallest absolute Gasteiger partial charge is 0.227 e. The van der Waals surface area contributed by atoms with Crippen molar-refractivity contribution < 1.29 is 9.59 Å². The molecule has 0 aliphatic carbocycles. The molecule has 0 spiro atoms. The standard InChI is InChI=1S/C18H26N2O2/c1-12(2)9-10-20-16-7-6-15(19-18(22)13(3)4)11-14(16)5-8-17(20)21/h6-7,11-13H,5,8-10H2,1-4H3,(H,19,22). The van der Waals surface area contributed by atoms with Crippen LogP contribution in [0.4, 0.5) is 11.4 Å². The van der Waals surface area contributed by atoms with Crippen molar-refractivity contribution >= 4 is 23.2 Å². The number of carbonyl (C=O) groups excluding carboxylic acids is 2. The number of anilines is 2. The topological polar surface area (TPSA) is 49.4 Å². The van der Waals surface area contributed by atoms with E-state index in [1.54, 1.807) is 0 Å². The Morgan fingerprint density at radius 3 is 2.59 bits per heavy atom. The van der Waals surface area contributed by atoms with Crippen LogP contribution in [-0.2, 0) is 16.0 Å². The second kappa shape index (κ2) is 6.95. The monoisotopic (exact) mass is 302 g/mol. The van der Waals surface area contributed by atoms with Crippen LogP contribution in [0.2, 0.25) is 0 Å². The first-order valence-electron chi connectivity index (χ1n) is 8.12. The minimum absolute atomic E-state index is 0.0171. The zero-order valence-corrected chi connectivity index (χ0v) is 14.0. The highest BCUT2D eigenvalue weighted by molar-refractivity contribution is 5.97. The Kier molecular flexibility index (Phi) is 5.22. The molecule has 0 unspecified atom stereocenters. The van der Waals surface area contributed by atoms with Crippen molar-refractivity contribution in [2.45, 2.75) is 47.0 Å². The van der Waals surface area contributed by atoms with Gasteiger partial charge in [-0.3, -0.25) is 9.59 Å². The third-order valence-electron chi connectivity index (χ3n) is 4.00. The van der Waals surface area contributed by atoms with E-state index in [0.717, 1.165) is 36.3 Å². The lowest BCUT2D eigenvalue weighted by Gasteiger charge is -2.30. The number of fused-ring (bicyclic) bond motifs is 1. The van der Waals surface area contributed by atoms with Gasteiger partial charge in [0.25, 0.3) is 0 Å². The van der Waals surface area contributed by atoms with Gasteiger partial charge in [-0.2, -0.15) is 0 Å². The van der Waals surface area contributed by atoms with E-state index >= 15 is 0 Å². The number of nitrogens with one attached hydrogen (secondary N) is 1. The lowest BCUT2D eigenvalue weighted by molar-refractivity contribution is -0.119. The Hall–Kier alpha value is -1.84. The Bertz CT molecular complexity index is 564. The second-order valence-corrected chi connectivity index (χ2v) is 6.72. The Labute approximate surface area is 132 Å². The molecule has 1 aliphatic heterocycles. The molecule has 1 aromatic rings. The fourth-order valence-electron chi connectivity index (χ4n) is 2.56. The summed E-state index contributed by atoms with van der Waals surface area (Å²) in [6.07, 6.45) is 2.29. The van der Waals surface area contributed by atoms with Crippen LogP contribution in [0, 0.1) is 11.8 Å². The van der Waals surface area contributed by atoms with Gasteiger partial charge in [0, 0.05) is 30.3 Å². The van der Waals surface area contributed by atoms with E-state index < -0.39 is 0 Å². The Balaban J connectivity index is 2.18. The molecule has 0 bridgehead atoms. The summed E-state index contributed by atoms with van der Waals surface area (Å²) in [5.74, 6) is 0.749. The molecule has 0 fully saturated rings. The van der Waals surface area contributed by atoms with Crippen molar-refractivity contribution in [1.82, 2.24) is 0 Å². The summed E-state index contributed by atoms with van der Waals surface area (Å²) in [5.41, 5.74) is 2.96. The SMILES string of the molecule is CC(C)CCN1C(=O)CCc2cc(NC(=O)C(C)C)ccc21. The predicted molar refractivity (Wildman–Crippen MR) is 90.0 cm³/mol. The number of aryl methyl sites for hydroxylation is 1. The van der Waals surface area contributed by atoms with Gasteiger partial charge in [0.15, 0.2) is 0 Å². The van der Waals surface area contributed by atoms with E-state index in [1.165, 1.54) is 0 Å². The highest BCUT2D eigenvalue weighted by Crippen LogP contribution is 2.31. The van der Waals surface area contributed by atoms with Gasteiger partial charge >= 0.3 is 0 Å². The summed E-state index contributed by atoms with van der Waals surface area (Å²) in [7, 11) is 0. The zero-order valence-electron chi connectivity index (χ0n) is 14.0. The molecule has 2 amide bonds. The molecule has 22 heavy (non-hydrogen) atoms. The average Bonchev–Trinajstić information content (AvgIpc) is 2.46. The van der Waals surface area contributed by atoms with Crippen molar-refractivity contribution in [3.63, 3.8) is 0 Å². The Morgan fingerprint density at radius 1 is 1.23 bits per heavy atom. The van der Waals surface area contributed by atoms with Crippen LogP contribution in [0.15, 0.2) is 18.2 Å². The Morgan fingerprint density at radius 2 is 1.95 bits per heavy atom. The molecular weight excluding hydrogens is 276 g/mol. The number of carbonyl (C=O) groups is 2. The van der Waals surface area contributed by atoms with Gasteiger partial charge in [0.05, 0.1) is 0 Å². The first-order valence-corrected chi connectivity index (χ1v) is 8.12. The summed E-state index contributed by atoms with van der Waals surface area (Å²) in [6, 6.07) is 5.85. The van der Waals surface area contributed by atoms with Gasteiger partial charge in [-0.25, -0.2) is 0 Å². The third kappa shape index (κ3) is 3.87. The molecule has 120 valence electrons. The summed E-state index contributed by atoms with van der Waals surface area (Å²) < 4.78 is 0. The van der Waals surface area contributed by atoms with Crippen LogP contribution in [0.1, 0.15) is 46.1 Å². The highest BCUT2D eigenvalue weighted by atomic mass is 16.2. The van der Waals surface area contributed by atoms with E-state index in [-0.39, 0.29) is 17.7 Å². The lowest BCUT2D eigenvalue weighted by atomic mass is 9.99. The van der Waals surface area contributed by atoms with Crippen LogP contribution in [0.5, 0.6) is 0 Å². The molecule has 1 aromatic carbocycles.